The minimum absolute atomic E-state index is 0.155. The highest BCUT2D eigenvalue weighted by atomic mass is 16.1. The Morgan fingerprint density at radius 2 is 2.09 bits per heavy atom. The third-order valence-electron chi connectivity index (χ3n) is 2.19. The predicted octanol–water partition coefficient (Wildman–Crippen LogP) is 1.26. The van der Waals surface area contributed by atoms with Crippen LogP contribution in [0.15, 0.2) is 11.6 Å². The number of hydrogen-bond donors (Lipinski definition) is 1. The first-order chi connectivity index (χ1) is 5.10. The van der Waals surface area contributed by atoms with Gasteiger partial charge >= 0.3 is 0 Å². The Hall–Kier alpha value is -0.630. The lowest BCUT2D eigenvalue weighted by Crippen LogP contribution is -2.23. The summed E-state index contributed by atoms with van der Waals surface area (Å²) < 4.78 is 0. The van der Waals surface area contributed by atoms with Crippen molar-refractivity contribution in [1.29, 1.82) is 0 Å². The van der Waals surface area contributed by atoms with E-state index in [4.69, 9.17) is 5.73 Å². The highest BCUT2D eigenvalue weighted by Crippen LogP contribution is 2.45. The van der Waals surface area contributed by atoms with Gasteiger partial charge in [0.1, 0.15) is 0 Å². The van der Waals surface area contributed by atoms with Crippen LogP contribution in [-0.2, 0) is 4.79 Å². The zero-order chi connectivity index (χ0) is 8.48. The highest BCUT2D eigenvalue weighted by Gasteiger charge is 2.46. The molecule has 2 nitrogen and oxygen atoms in total. The van der Waals surface area contributed by atoms with Gasteiger partial charge in [0.2, 0.25) is 0 Å². The van der Waals surface area contributed by atoms with E-state index in [1.165, 1.54) is 0 Å². The Balaban J connectivity index is 2.62. The molecular weight excluding hydrogens is 138 g/mol. The second kappa shape index (κ2) is 2.78. The van der Waals surface area contributed by atoms with E-state index in [0.717, 1.165) is 18.4 Å². The van der Waals surface area contributed by atoms with E-state index in [1.807, 2.05) is 13.8 Å². The maximum Gasteiger partial charge on any atom is 0.163 e. The van der Waals surface area contributed by atoms with Crippen molar-refractivity contribution in [3.05, 3.63) is 11.6 Å². The zero-order valence-electron chi connectivity index (χ0n) is 7.18. The topological polar surface area (TPSA) is 43.1 Å². The van der Waals surface area contributed by atoms with Gasteiger partial charge in [-0.1, -0.05) is 5.57 Å². The lowest BCUT2D eigenvalue weighted by Gasteiger charge is -2.06. The van der Waals surface area contributed by atoms with Crippen LogP contribution in [0.25, 0.3) is 0 Å². The molecule has 0 saturated heterocycles. The van der Waals surface area contributed by atoms with Crippen molar-refractivity contribution in [1.82, 2.24) is 0 Å². The van der Waals surface area contributed by atoms with Gasteiger partial charge in [0.25, 0.3) is 0 Å². The molecule has 0 aromatic carbocycles. The van der Waals surface area contributed by atoms with Crippen LogP contribution in [-0.4, -0.2) is 12.3 Å². The van der Waals surface area contributed by atoms with Gasteiger partial charge in [-0.2, -0.15) is 0 Å². The monoisotopic (exact) mass is 153 g/mol. The third-order valence-corrected chi connectivity index (χ3v) is 2.19. The van der Waals surface area contributed by atoms with Gasteiger partial charge in [0.15, 0.2) is 5.78 Å². The Bertz CT molecular complexity index is 198. The summed E-state index contributed by atoms with van der Waals surface area (Å²) in [6.07, 6.45) is 3.66. The third kappa shape index (κ3) is 1.69. The molecule has 0 spiro atoms. The molecule has 2 heteroatoms. The second-order valence-electron chi connectivity index (χ2n) is 3.57. The molecule has 0 bridgehead atoms. The fourth-order valence-electron chi connectivity index (χ4n) is 1.12. The summed E-state index contributed by atoms with van der Waals surface area (Å²) in [6, 6.07) is 0. The molecule has 11 heavy (non-hydrogen) atoms. The van der Waals surface area contributed by atoms with Crippen molar-refractivity contribution in [2.75, 3.05) is 6.54 Å². The molecule has 0 aliphatic heterocycles. The standard InChI is InChI=1S/C9H15NO/c1-7(2)5-8(11)9(6-10)3-4-9/h5H,3-4,6,10H2,1-2H3. The lowest BCUT2D eigenvalue weighted by molar-refractivity contribution is -0.119. The minimum Gasteiger partial charge on any atom is -0.329 e. The molecule has 0 radical (unpaired) electrons. The van der Waals surface area contributed by atoms with E-state index in [2.05, 4.69) is 0 Å². The summed E-state index contributed by atoms with van der Waals surface area (Å²) >= 11 is 0. The number of carbonyl (C=O) groups excluding carboxylic acids is 1. The number of hydrogen-bond acceptors (Lipinski definition) is 2. The molecule has 1 saturated carbocycles. The summed E-state index contributed by atoms with van der Waals surface area (Å²) in [5.41, 5.74) is 6.40. The minimum atomic E-state index is -0.155. The van der Waals surface area contributed by atoms with Crippen LogP contribution in [0.1, 0.15) is 26.7 Å². The van der Waals surface area contributed by atoms with Crippen molar-refractivity contribution in [3.63, 3.8) is 0 Å². The van der Waals surface area contributed by atoms with Crippen molar-refractivity contribution < 1.29 is 4.79 Å². The lowest BCUT2D eigenvalue weighted by atomic mass is 10.00. The van der Waals surface area contributed by atoms with Gasteiger partial charge in [-0.05, 0) is 32.8 Å². The largest absolute Gasteiger partial charge is 0.329 e. The summed E-state index contributed by atoms with van der Waals surface area (Å²) in [5, 5.41) is 0. The summed E-state index contributed by atoms with van der Waals surface area (Å²) in [4.78, 5) is 11.4. The fourth-order valence-corrected chi connectivity index (χ4v) is 1.12. The molecule has 0 heterocycles. The van der Waals surface area contributed by atoms with Crippen molar-refractivity contribution in [2.45, 2.75) is 26.7 Å². The first-order valence-electron chi connectivity index (χ1n) is 4.00. The number of rotatable bonds is 3. The molecule has 1 fully saturated rings. The van der Waals surface area contributed by atoms with Crippen LogP contribution >= 0.6 is 0 Å². The Morgan fingerprint density at radius 3 is 2.36 bits per heavy atom. The fraction of sp³-hybridized carbons (Fsp3) is 0.667. The molecule has 0 aromatic rings. The van der Waals surface area contributed by atoms with Gasteiger partial charge < -0.3 is 5.73 Å². The van der Waals surface area contributed by atoms with Crippen LogP contribution in [0.5, 0.6) is 0 Å². The van der Waals surface area contributed by atoms with E-state index in [1.54, 1.807) is 6.08 Å². The normalized spacial score (nSPS) is 19.2. The summed E-state index contributed by atoms with van der Waals surface area (Å²) in [5.74, 6) is 0.222. The summed E-state index contributed by atoms with van der Waals surface area (Å²) in [7, 11) is 0. The maximum atomic E-state index is 11.4. The quantitative estimate of drug-likeness (QED) is 0.620. The molecule has 0 atom stereocenters. The van der Waals surface area contributed by atoms with Gasteiger partial charge in [-0.15, -0.1) is 0 Å². The maximum absolute atomic E-state index is 11.4. The predicted molar refractivity (Wildman–Crippen MR) is 45.2 cm³/mol. The SMILES string of the molecule is CC(C)=CC(=O)C1(CN)CC1. The van der Waals surface area contributed by atoms with E-state index >= 15 is 0 Å². The molecule has 1 aliphatic rings. The molecule has 62 valence electrons. The average Bonchev–Trinajstić information content (AvgIpc) is 2.65. The van der Waals surface area contributed by atoms with E-state index in [9.17, 15) is 4.79 Å². The molecule has 0 amide bonds. The number of carbonyl (C=O) groups is 1. The Kier molecular flexibility index (Phi) is 2.14. The Labute approximate surface area is 67.5 Å². The number of ketones is 1. The van der Waals surface area contributed by atoms with Crippen molar-refractivity contribution >= 4 is 5.78 Å². The Morgan fingerprint density at radius 1 is 1.55 bits per heavy atom. The number of nitrogens with two attached hydrogens (primary N) is 1. The van der Waals surface area contributed by atoms with Gasteiger partial charge in [0, 0.05) is 12.0 Å². The van der Waals surface area contributed by atoms with Gasteiger partial charge in [-0.25, -0.2) is 0 Å². The van der Waals surface area contributed by atoms with E-state index < -0.39 is 0 Å². The molecule has 2 N–H and O–H groups in total. The van der Waals surface area contributed by atoms with Gasteiger partial charge in [0.05, 0.1) is 0 Å². The molecule has 1 rings (SSSR count). The van der Waals surface area contributed by atoms with Crippen LogP contribution < -0.4 is 5.73 Å². The van der Waals surface area contributed by atoms with E-state index in [-0.39, 0.29) is 11.2 Å². The highest BCUT2D eigenvalue weighted by molar-refractivity contribution is 5.97. The summed E-state index contributed by atoms with van der Waals surface area (Å²) in [6.45, 7) is 4.38. The molecule has 0 unspecified atom stereocenters. The molecule has 0 aromatic heterocycles. The second-order valence-corrected chi connectivity index (χ2v) is 3.57. The zero-order valence-corrected chi connectivity index (χ0v) is 7.18. The van der Waals surface area contributed by atoms with E-state index in [0.29, 0.717) is 6.54 Å². The smallest absolute Gasteiger partial charge is 0.163 e. The average molecular weight is 153 g/mol. The first-order valence-corrected chi connectivity index (χ1v) is 4.00. The first kappa shape index (κ1) is 8.47. The van der Waals surface area contributed by atoms with Crippen molar-refractivity contribution in [2.24, 2.45) is 11.1 Å². The molecular formula is C9H15NO. The van der Waals surface area contributed by atoms with Crippen molar-refractivity contribution in [3.8, 4) is 0 Å². The van der Waals surface area contributed by atoms with Gasteiger partial charge in [-0.3, -0.25) is 4.79 Å². The molecule has 1 aliphatic carbocycles. The van der Waals surface area contributed by atoms with Crippen LogP contribution in [0.2, 0.25) is 0 Å². The van der Waals surface area contributed by atoms with Crippen LogP contribution in [0.3, 0.4) is 0 Å². The van der Waals surface area contributed by atoms with Crippen LogP contribution in [0.4, 0.5) is 0 Å². The number of allylic oxidation sites excluding steroid dienone is 2. The van der Waals surface area contributed by atoms with Crippen LogP contribution in [0, 0.1) is 5.41 Å².